The molecule has 19 heavy (non-hydrogen) atoms. The minimum Gasteiger partial charge on any atom is -0.487 e. The van der Waals surface area contributed by atoms with Crippen LogP contribution in [0.25, 0.3) is 0 Å². The Bertz CT molecular complexity index is 602. The molecule has 0 saturated carbocycles. The van der Waals surface area contributed by atoms with Gasteiger partial charge in [-0.1, -0.05) is 0 Å². The maximum atomic E-state index is 13.7. The molecule has 0 aliphatic carbocycles. The third-order valence-electron chi connectivity index (χ3n) is 2.40. The molecule has 98 valence electrons. The lowest BCUT2D eigenvalue weighted by molar-refractivity contribution is 0.111. The van der Waals surface area contributed by atoms with Crippen LogP contribution in [-0.2, 0) is 6.61 Å². The molecular weight excluding hydrogens is 320 g/mol. The van der Waals surface area contributed by atoms with Crippen molar-refractivity contribution < 1.29 is 18.3 Å². The van der Waals surface area contributed by atoms with E-state index < -0.39 is 11.6 Å². The molecule has 1 heterocycles. The van der Waals surface area contributed by atoms with E-state index in [1.807, 2.05) is 0 Å². The lowest BCUT2D eigenvalue weighted by atomic mass is 10.2. The first kappa shape index (κ1) is 13.6. The lowest BCUT2D eigenvalue weighted by Gasteiger charge is -2.08. The van der Waals surface area contributed by atoms with Crippen LogP contribution in [0.5, 0.6) is 5.75 Å². The fourth-order valence-corrected chi connectivity index (χ4v) is 1.78. The van der Waals surface area contributed by atoms with Gasteiger partial charge in [0.2, 0.25) is 0 Å². The molecule has 0 aliphatic rings. The van der Waals surface area contributed by atoms with Crippen molar-refractivity contribution in [2.75, 3.05) is 0 Å². The predicted molar refractivity (Wildman–Crippen MR) is 68.0 cm³/mol. The van der Waals surface area contributed by atoms with Crippen LogP contribution in [0.3, 0.4) is 0 Å². The molecule has 2 aromatic rings. The number of ether oxygens (including phenoxy) is 1. The second-order valence-corrected chi connectivity index (χ2v) is 4.50. The van der Waals surface area contributed by atoms with Crippen molar-refractivity contribution >= 4 is 22.2 Å². The van der Waals surface area contributed by atoms with Crippen LogP contribution >= 0.6 is 15.9 Å². The summed E-state index contributed by atoms with van der Waals surface area (Å²) in [6.07, 6.45) is 1.91. The summed E-state index contributed by atoms with van der Waals surface area (Å²) in [6, 6.07) is 5.40. The molecule has 0 saturated heterocycles. The van der Waals surface area contributed by atoms with Crippen LogP contribution in [-0.4, -0.2) is 11.3 Å². The minimum atomic E-state index is -0.697. The number of pyridine rings is 1. The Labute approximate surface area is 116 Å². The number of hydrogen-bond donors (Lipinski definition) is 0. The second kappa shape index (κ2) is 5.88. The van der Waals surface area contributed by atoms with Gasteiger partial charge in [0.15, 0.2) is 6.29 Å². The highest BCUT2D eigenvalue weighted by atomic mass is 79.9. The third-order valence-corrected chi connectivity index (χ3v) is 3.01. The Morgan fingerprint density at radius 2 is 2.05 bits per heavy atom. The number of carbonyl (C=O) groups is 1. The van der Waals surface area contributed by atoms with Gasteiger partial charge in [0.05, 0.1) is 16.2 Å². The monoisotopic (exact) mass is 327 g/mol. The fraction of sp³-hybridized carbons (Fsp3) is 0.0769. The Hall–Kier alpha value is -1.82. The van der Waals surface area contributed by atoms with Crippen LogP contribution in [0, 0.1) is 11.6 Å². The largest absolute Gasteiger partial charge is 0.487 e. The van der Waals surface area contributed by atoms with E-state index in [0.29, 0.717) is 12.0 Å². The smallest absolute Gasteiger partial charge is 0.168 e. The zero-order valence-electron chi connectivity index (χ0n) is 9.57. The predicted octanol–water partition coefficient (Wildman–Crippen LogP) is 3.51. The maximum absolute atomic E-state index is 13.7. The summed E-state index contributed by atoms with van der Waals surface area (Å²) in [6.45, 7) is -0.265. The summed E-state index contributed by atoms with van der Waals surface area (Å²) in [5.41, 5.74) is 0.0843. The number of hydrogen-bond acceptors (Lipinski definition) is 3. The average molecular weight is 328 g/mol. The molecule has 0 fully saturated rings. The van der Waals surface area contributed by atoms with Crippen molar-refractivity contribution in [1.29, 1.82) is 0 Å². The van der Waals surface area contributed by atoms with Crippen LogP contribution in [0.2, 0.25) is 0 Å². The number of aromatic nitrogens is 1. The van der Waals surface area contributed by atoms with Crippen LogP contribution < -0.4 is 4.74 Å². The molecule has 0 bridgehead atoms. The molecule has 2 rings (SSSR count). The molecule has 0 unspecified atom stereocenters. The Kier molecular flexibility index (Phi) is 4.21. The van der Waals surface area contributed by atoms with Crippen molar-refractivity contribution in [1.82, 2.24) is 4.98 Å². The van der Waals surface area contributed by atoms with E-state index in [2.05, 4.69) is 20.9 Å². The van der Waals surface area contributed by atoms with Gasteiger partial charge in [-0.15, -0.1) is 0 Å². The molecular formula is C13H8BrF2NO2. The van der Waals surface area contributed by atoms with Crippen molar-refractivity contribution in [3.63, 3.8) is 0 Å². The Morgan fingerprint density at radius 3 is 2.68 bits per heavy atom. The molecule has 1 aromatic carbocycles. The first-order chi connectivity index (χ1) is 9.11. The lowest BCUT2D eigenvalue weighted by Crippen LogP contribution is -2.03. The van der Waals surface area contributed by atoms with E-state index in [9.17, 15) is 13.6 Å². The molecule has 0 spiro atoms. The van der Waals surface area contributed by atoms with Crippen LogP contribution in [0.15, 0.2) is 34.9 Å². The Balaban J connectivity index is 2.14. The summed E-state index contributed by atoms with van der Waals surface area (Å²) in [5, 5.41) is 0. The maximum Gasteiger partial charge on any atom is 0.168 e. The molecule has 0 atom stereocenters. The summed E-state index contributed by atoms with van der Waals surface area (Å²) in [5.74, 6) is -1.06. The number of aldehydes is 1. The first-order valence-corrected chi connectivity index (χ1v) is 6.07. The average Bonchev–Trinajstić information content (AvgIpc) is 2.44. The number of nitrogens with zero attached hydrogens (tertiary/aromatic N) is 1. The zero-order valence-corrected chi connectivity index (χ0v) is 11.2. The van der Waals surface area contributed by atoms with E-state index in [0.717, 1.165) is 6.07 Å². The van der Waals surface area contributed by atoms with Gasteiger partial charge in [-0.3, -0.25) is 4.79 Å². The van der Waals surface area contributed by atoms with E-state index in [4.69, 9.17) is 4.74 Å². The molecule has 3 nitrogen and oxygen atoms in total. The van der Waals surface area contributed by atoms with Gasteiger partial charge in [0.1, 0.15) is 29.7 Å². The van der Waals surface area contributed by atoms with Crippen molar-refractivity contribution in [3.8, 4) is 5.75 Å². The topological polar surface area (TPSA) is 39.2 Å². The summed E-state index contributed by atoms with van der Waals surface area (Å²) in [7, 11) is 0. The van der Waals surface area contributed by atoms with Crippen molar-refractivity contribution in [2.24, 2.45) is 0 Å². The van der Waals surface area contributed by atoms with E-state index in [1.165, 1.54) is 24.4 Å². The van der Waals surface area contributed by atoms with E-state index in [-0.39, 0.29) is 22.3 Å². The number of carbonyl (C=O) groups excluding carboxylic acids is 1. The van der Waals surface area contributed by atoms with Gasteiger partial charge in [0.25, 0.3) is 0 Å². The van der Waals surface area contributed by atoms with E-state index in [1.54, 1.807) is 0 Å². The van der Waals surface area contributed by atoms with Crippen LogP contribution in [0.4, 0.5) is 8.78 Å². The SMILES string of the molecule is O=Cc1ccc(OCc2c(F)ccc(Br)c2F)cn1. The molecule has 6 heteroatoms. The van der Waals surface area contributed by atoms with Gasteiger partial charge in [0, 0.05) is 0 Å². The summed E-state index contributed by atoms with van der Waals surface area (Å²) in [4.78, 5) is 14.2. The Morgan fingerprint density at radius 1 is 1.26 bits per heavy atom. The standard InChI is InChI=1S/C13H8BrF2NO2/c14-11-3-4-12(15)10(13(11)16)7-19-9-2-1-8(6-18)17-5-9/h1-6H,7H2. The number of halogens is 3. The zero-order chi connectivity index (χ0) is 13.8. The first-order valence-electron chi connectivity index (χ1n) is 5.28. The molecule has 0 radical (unpaired) electrons. The summed E-state index contributed by atoms with van der Waals surface area (Å²) < 4.78 is 32.5. The van der Waals surface area contributed by atoms with Crippen molar-refractivity contribution in [3.05, 3.63) is 57.8 Å². The molecule has 0 aliphatic heterocycles. The van der Waals surface area contributed by atoms with Crippen molar-refractivity contribution in [2.45, 2.75) is 6.61 Å². The fourth-order valence-electron chi connectivity index (χ4n) is 1.40. The van der Waals surface area contributed by atoms with Gasteiger partial charge in [-0.2, -0.15) is 0 Å². The number of rotatable bonds is 4. The molecule has 0 N–H and O–H groups in total. The normalized spacial score (nSPS) is 10.3. The molecule has 1 aromatic heterocycles. The number of benzene rings is 1. The van der Waals surface area contributed by atoms with Crippen LogP contribution in [0.1, 0.15) is 16.1 Å². The highest BCUT2D eigenvalue weighted by Crippen LogP contribution is 2.23. The quantitative estimate of drug-likeness (QED) is 0.637. The van der Waals surface area contributed by atoms with Gasteiger partial charge >= 0.3 is 0 Å². The second-order valence-electron chi connectivity index (χ2n) is 3.65. The third kappa shape index (κ3) is 3.14. The van der Waals surface area contributed by atoms with E-state index >= 15 is 0 Å². The highest BCUT2D eigenvalue weighted by Gasteiger charge is 2.13. The van der Waals surface area contributed by atoms with Gasteiger partial charge in [-0.05, 0) is 40.2 Å². The minimum absolute atomic E-state index is 0.168. The van der Waals surface area contributed by atoms with Gasteiger partial charge < -0.3 is 4.74 Å². The summed E-state index contributed by atoms with van der Waals surface area (Å²) >= 11 is 2.98. The molecule has 0 amide bonds. The highest BCUT2D eigenvalue weighted by molar-refractivity contribution is 9.10. The van der Waals surface area contributed by atoms with Gasteiger partial charge in [-0.25, -0.2) is 13.8 Å².